The van der Waals surface area contributed by atoms with Crippen LogP contribution in [0.1, 0.15) is 43.1 Å². The van der Waals surface area contributed by atoms with E-state index in [2.05, 4.69) is 31.4 Å². The van der Waals surface area contributed by atoms with E-state index in [0.29, 0.717) is 17.4 Å². The molecule has 1 saturated carbocycles. The first-order chi connectivity index (χ1) is 11.3. The zero-order valence-corrected chi connectivity index (χ0v) is 12.7. The molecular formula is C18H17N5. The number of nitrogens with zero attached hydrogens (tertiary/aromatic N) is 4. The first kappa shape index (κ1) is 13.8. The standard InChI is InChI=1S/C18H17N5/c19-17-16-18(21-12-20-17)23(14-8-4-5-9-14)15(22-16)11-10-13-6-2-1-3-7-13/h1-3,6-7,12,14H,4-5,8-9H2,(H2,19,20,21). The average Bonchev–Trinajstić information content (AvgIpc) is 3.21. The van der Waals surface area contributed by atoms with E-state index < -0.39 is 0 Å². The molecule has 0 atom stereocenters. The predicted octanol–water partition coefficient (Wildman–Crippen LogP) is 2.92. The van der Waals surface area contributed by atoms with Gasteiger partial charge >= 0.3 is 0 Å². The van der Waals surface area contributed by atoms with Crippen LogP contribution in [-0.4, -0.2) is 19.5 Å². The van der Waals surface area contributed by atoms with Gasteiger partial charge in [-0.2, -0.15) is 0 Å². The van der Waals surface area contributed by atoms with Crippen LogP contribution < -0.4 is 5.73 Å². The van der Waals surface area contributed by atoms with Gasteiger partial charge in [0.05, 0.1) is 0 Å². The van der Waals surface area contributed by atoms with Crippen LogP contribution in [0.5, 0.6) is 0 Å². The number of rotatable bonds is 1. The van der Waals surface area contributed by atoms with Gasteiger partial charge in [-0.1, -0.05) is 37.0 Å². The third-order valence-corrected chi connectivity index (χ3v) is 4.29. The maximum atomic E-state index is 5.97. The second-order valence-electron chi connectivity index (χ2n) is 5.79. The molecule has 0 spiro atoms. The summed E-state index contributed by atoms with van der Waals surface area (Å²) in [6, 6.07) is 10.3. The van der Waals surface area contributed by atoms with Crippen molar-refractivity contribution < 1.29 is 0 Å². The van der Waals surface area contributed by atoms with Gasteiger partial charge < -0.3 is 5.73 Å². The van der Waals surface area contributed by atoms with Crippen molar-refractivity contribution >= 4 is 17.0 Å². The van der Waals surface area contributed by atoms with Crippen LogP contribution in [-0.2, 0) is 0 Å². The number of hydrogen-bond acceptors (Lipinski definition) is 4. The molecule has 114 valence electrons. The van der Waals surface area contributed by atoms with Gasteiger partial charge in [-0.25, -0.2) is 15.0 Å². The Balaban J connectivity index is 1.87. The monoisotopic (exact) mass is 303 g/mol. The fourth-order valence-corrected chi connectivity index (χ4v) is 3.17. The summed E-state index contributed by atoms with van der Waals surface area (Å²) >= 11 is 0. The molecule has 1 aliphatic carbocycles. The zero-order chi connectivity index (χ0) is 15.6. The highest BCUT2D eigenvalue weighted by atomic mass is 15.2. The van der Waals surface area contributed by atoms with Crippen LogP contribution in [0.4, 0.5) is 5.82 Å². The molecule has 1 aromatic carbocycles. The van der Waals surface area contributed by atoms with Crippen LogP contribution in [0.25, 0.3) is 11.2 Å². The summed E-state index contributed by atoms with van der Waals surface area (Å²) < 4.78 is 2.15. The molecule has 1 fully saturated rings. The van der Waals surface area contributed by atoms with Crippen molar-refractivity contribution in [2.24, 2.45) is 0 Å². The molecule has 0 unspecified atom stereocenters. The van der Waals surface area contributed by atoms with Gasteiger partial charge in [-0.3, -0.25) is 4.57 Å². The molecule has 5 heteroatoms. The summed E-state index contributed by atoms with van der Waals surface area (Å²) in [5.74, 6) is 7.52. The summed E-state index contributed by atoms with van der Waals surface area (Å²) in [5.41, 5.74) is 8.38. The molecule has 2 heterocycles. The van der Waals surface area contributed by atoms with E-state index in [-0.39, 0.29) is 0 Å². The minimum Gasteiger partial charge on any atom is -0.382 e. The van der Waals surface area contributed by atoms with Crippen LogP contribution in [0.15, 0.2) is 36.7 Å². The minimum absolute atomic E-state index is 0.398. The van der Waals surface area contributed by atoms with Crippen molar-refractivity contribution in [3.05, 3.63) is 48.0 Å². The summed E-state index contributed by atoms with van der Waals surface area (Å²) in [6.45, 7) is 0. The van der Waals surface area contributed by atoms with Gasteiger partial charge in [0, 0.05) is 11.6 Å². The summed E-state index contributed by atoms with van der Waals surface area (Å²) in [5, 5.41) is 0. The highest BCUT2D eigenvalue weighted by Crippen LogP contribution is 2.33. The van der Waals surface area contributed by atoms with E-state index in [1.807, 2.05) is 30.3 Å². The van der Waals surface area contributed by atoms with Gasteiger partial charge in [-0.05, 0) is 30.9 Å². The van der Waals surface area contributed by atoms with Gasteiger partial charge in [0.1, 0.15) is 6.33 Å². The number of aromatic nitrogens is 4. The number of benzene rings is 1. The van der Waals surface area contributed by atoms with E-state index in [1.54, 1.807) is 0 Å². The highest BCUT2D eigenvalue weighted by Gasteiger charge is 2.23. The largest absolute Gasteiger partial charge is 0.382 e. The second-order valence-corrected chi connectivity index (χ2v) is 5.79. The normalized spacial score (nSPS) is 14.8. The number of nitrogens with two attached hydrogens (primary N) is 1. The summed E-state index contributed by atoms with van der Waals surface area (Å²) in [7, 11) is 0. The topological polar surface area (TPSA) is 69.6 Å². The van der Waals surface area contributed by atoms with Gasteiger partial charge in [0.25, 0.3) is 0 Å². The quantitative estimate of drug-likeness (QED) is 0.702. The van der Waals surface area contributed by atoms with Crippen molar-refractivity contribution in [3.63, 3.8) is 0 Å². The van der Waals surface area contributed by atoms with Crippen LogP contribution >= 0.6 is 0 Å². The van der Waals surface area contributed by atoms with E-state index in [1.165, 1.54) is 19.2 Å². The Bertz CT molecular complexity index is 896. The lowest BCUT2D eigenvalue weighted by Crippen LogP contribution is -2.08. The van der Waals surface area contributed by atoms with Crippen LogP contribution in [0.2, 0.25) is 0 Å². The Hall–Kier alpha value is -2.87. The lowest BCUT2D eigenvalue weighted by atomic mass is 10.2. The van der Waals surface area contributed by atoms with Crippen molar-refractivity contribution in [1.29, 1.82) is 0 Å². The van der Waals surface area contributed by atoms with E-state index in [4.69, 9.17) is 5.73 Å². The number of nitrogen functional groups attached to an aromatic ring is 1. The molecule has 5 nitrogen and oxygen atoms in total. The Morgan fingerprint density at radius 3 is 2.61 bits per heavy atom. The van der Waals surface area contributed by atoms with Crippen molar-refractivity contribution in [3.8, 4) is 11.8 Å². The van der Waals surface area contributed by atoms with Crippen molar-refractivity contribution in [2.75, 3.05) is 5.73 Å². The Morgan fingerprint density at radius 2 is 1.83 bits per heavy atom. The fraction of sp³-hybridized carbons (Fsp3) is 0.278. The first-order valence-electron chi connectivity index (χ1n) is 7.88. The van der Waals surface area contributed by atoms with Crippen molar-refractivity contribution in [1.82, 2.24) is 19.5 Å². The number of anilines is 1. The molecule has 0 bridgehead atoms. The average molecular weight is 303 g/mol. The maximum absolute atomic E-state index is 5.97. The molecule has 0 amide bonds. The molecule has 23 heavy (non-hydrogen) atoms. The van der Waals surface area contributed by atoms with Gasteiger partial charge in [-0.15, -0.1) is 0 Å². The van der Waals surface area contributed by atoms with E-state index in [9.17, 15) is 0 Å². The van der Waals surface area contributed by atoms with Crippen LogP contribution in [0, 0.1) is 11.8 Å². The first-order valence-corrected chi connectivity index (χ1v) is 7.88. The molecule has 0 radical (unpaired) electrons. The highest BCUT2D eigenvalue weighted by molar-refractivity contribution is 5.82. The summed E-state index contributed by atoms with van der Waals surface area (Å²) in [4.78, 5) is 13.1. The van der Waals surface area contributed by atoms with Gasteiger partial charge in [0.2, 0.25) is 0 Å². The zero-order valence-electron chi connectivity index (χ0n) is 12.7. The SMILES string of the molecule is Nc1ncnc2c1nc(C#Cc1ccccc1)n2C1CCCC1. The van der Waals surface area contributed by atoms with E-state index in [0.717, 1.165) is 29.9 Å². The lowest BCUT2D eigenvalue weighted by molar-refractivity contribution is 0.524. The van der Waals surface area contributed by atoms with Crippen molar-refractivity contribution in [2.45, 2.75) is 31.7 Å². The Kier molecular flexibility index (Phi) is 3.43. The Labute approximate surface area is 134 Å². The number of imidazole rings is 1. The number of fused-ring (bicyclic) bond motifs is 1. The Morgan fingerprint density at radius 1 is 1.04 bits per heavy atom. The predicted molar refractivity (Wildman–Crippen MR) is 89.7 cm³/mol. The molecular weight excluding hydrogens is 286 g/mol. The smallest absolute Gasteiger partial charge is 0.188 e. The fourth-order valence-electron chi connectivity index (χ4n) is 3.17. The molecule has 0 saturated heterocycles. The summed E-state index contributed by atoms with van der Waals surface area (Å²) in [6.07, 6.45) is 6.23. The second kappa shape index (κ2) is 5.73. The number of hydrogen-bond donors (Lipinski definition) is 1. The molecule has 1 aliphatic rings. The maximum Gasteiger partial charge on any atom is 0.188 e. The van der Waals surface area contributed by atoms with E-state index >= 15 is 0 Å². The minimum atomic E-state index is 0.398. The molecule has 0 aliphatic heterocycles. The van der Waals surface area contributed by atoms with Gasteiger partial charge in [0.15, 0.2) is 22.8 Å². The lowest BCUT2D eigenvalue weighted by Gasteiger charge is -2.13. The van der Waals surface area contributed by atoms with Crippen LogP contribution in [0.3, 0.4) is 0 Å². The molecule has 4 rings (SSSR count). The molecule has 2 aromatic heterocycles. The molecule has 2 N–H and O–H groups in total. The molecule has 3 aromatic rings. The third-order valence-electron chi connectivity index (χ3n) is 4.29. The third kappa shape index (κ3) is 2.53.